The highest BCUT2D eigenvalue weighted by molar-refractivity contribution is 5.82. The zero-order chi connectivity index (χ0) is 14.8. The second-order valence-corrected chi connectivity index (χ2v) is 2.93. The summed E-state index contributed by atoms with van der Waals surface area (Å²) in [5, 5.41) is 8.50. The van der Waals surface area contributed by atoms with E-state index in [1.165, 1.54) is 6.92 Å². The fourth-order valence-corrected chi connectivity index (χ4v) is 0.725. The van der Waals surface area contributed by atoms with Crippen molar-refractivity contribution in [1.82, 2.24) is 0 Å². The summed E-state index contributed by atoms with van der Waals surface area (Å²) in [6.07, 6.45) is -7.13. The highest BCUT2D eigenvalue weighted by atomic mass is 19.4. The molecular weight excluding hydrogens is 277 g/mol. The van der Waals surface area contributed by atoms with E-state index in [2.05, 4.69) is 4.74 Å². The van der Waals surface area contributed by atoms with Crippen LogP contribution in [0.1, 0.15) is 6.92 Å². The molecule has 0 radical (unpaired) electrons. The number of carbonyl (C=O) groups excluding carboxylic acids is 1. The molecule has 0 aliphatic heterocycles. The summed E-state index contributed by atoms with van der Waals surface area (Å²) in [5.74, 6) is -16.9. The number of allylic oxidation sites excluding steroid dienone is 1. The van der Waals surface area contributed by atoms with Crippen LogP contribution >= 0.6 is 0 Å². The Balaban J connectivity index is 5.33. The van der Waals surface area contributed by atoms with E-state index in [1.54, 1.807) is 0 Å². The predicted octanol–water partition coefficient (Wildman–Crippen LogP) is 2.82. The van der Waals surface area contributed by atoms with E-state index >= 15 is 0 Å². The third kappa shape index (κ3) is 3.05. The van der Waals surface area contributed by atoms with Crippen LogP contribution in [0.25, 0.3) is 0 Å². The standard InChI is InChI=1S/C8H7F7O3/c1-2-18-5(17)3-4(16)6(9,10)7(11,12)8(13,14)15/h3,16H,2H2,1H3. The molecule has 106 valence electrons. The Morgan fingerprint density at radius 1 is 1.17 bits per heavy atom. The number of hydrogen-bond donors (Lipinski definition) is 1. The molecule has 0 bridgehead atoms. The Bertz CT molecular complexity index is 345. The summed E-state index contributed by atoms with van der Waals surface area (Å²) in [6, 6.07) is 0. The molecule has 0 saturated carbocycles. The first-order valence-electron chi connectivity index (χ1n) is 4.28. The topological polar surface area (TPSA) is 46.5 Å². The molecule has 0 rings (SSSR count). The third-order valence-corrected chi connectivity index (χ3v) is 1.61. The molecule has 0 fully saturated rings. The average Bonchev–Trinajstić information content (AvgIpc) is 2.15. The summed E-state index contributed by atoms with van der Waals surface area (Å²) >= 11 is 0. The maximum Gasteiger partial charge on any atom is 0.460 e. The number of ether oxygens (including phenoxy) is 1. The van der Waals surface area contributed by atoms with Crippen molar-refractivity contribution in [2.24, 2.45) is 0 Å². The molecule has 0 heterocycles. The van der Waals surface area contributed by atoms with Crippen LogP contribution in [-0.4, -0.2) is 35.7 Å². The van der Waals surface area contributed by atoms with Crippen molar-refractivity contribution in [1.29, 1.82) is 0 Å². The summed E-state index contributed by atoms with van der Waals surface area (Å²) in [5.41, 5.74) is 0. The lowest BCUT2D eigenvalue weighted by molar-refractivity contribution is -0.349. The molecule has 0 spiro atoms. The molecule has 3 nitrogen and oxygen atoms in total. The molecule has 0 aromatic heterocycles. The van der Waals surface area contributed by atoms with Gasteiger partial charge < -0.3 is 9.84 Å². The van der Waals surface area contributed by atoms with Gasteiger partial charge in [0, 0.05) is 0 Å². The maximum atomic E-state index is 12.7. The fraction of sp³-hybridized carbons (Fsp3) is 0.625. The van der Waals surface area contributed by atoms with Crippen molar-refractivity contribution in [3.8, 4) is 0 Å². The van der Waals surface area contributed by atoms with Gasteiger partial charge in [0.05, 0.1) is 12.7 Å². The van der Waals surface area contributed by atoms with Crippen LogP contribution in [0.15, 0.2) is 11.8 Å². The van der Waals surface area contributed by atoms with Crippen LogP contribution in [0.5, 0.6) is 0 Å². The molecule has 1 N–H and O–H groups in total. The van der Waals surface area contributed by atoms with Gasteiger partial charge in [-0.1, -0.05) is 0 Å². The minimum Gasteiger partial charge on any atom is -0.506 e. The van der Waals surface area contributed by atoms with E-state index in [0.29, 0.717) is 0 Å². The van der Waals surface area contributed by atoms with Gasteiger partial charge in [-0.25, -0.2) is 4.79 Å². The van der Waals surface area contributed by atoms with Gasteiger partial charge in [0.15, 0.2) is 5.76 Å². The summed E-state index contributed by atoms with van der Waals surface area (Å²) in [4.78, 5) is 10.6. The molecule has 0 atom stereocenters. The third-order valence-electron chi connectivity index (χ3n) is 1.61. The number of alkyl halides is 7. The van der Waals surface area contributed by atoms with Crippen LogP contribution in [-0.2, 0) is 9.53 Å². The predicted molar refractivity (Wildman–Crippen MR) is 43.3 cm³/mol. The molecular formula is C8H7F7O3. The van der Waals surface area contributed by atoms with E-state index in [9.17, 15) is 35.5 Å². The van der Waals surface area contributed by atoms with Gasteiger partial charge >= 0.3 is 24.0 Å². The molecule has 0 unspecified atom stereocenters. The van der Waals surface area contributed by atoms with E-state index in [1.807, 2.05) is 0 Å². The molecule has 10 heteroatoms. The number of carbonyl (C=O) groups is 1. The van der Waals surface area contributed by atoms with Crippen molar-refractivity contribution < 1.29 is 45.4 Å². The van der Waals surface area contributed by atoms with Crippen LogP contribution in [0, 0.1) is 0 Å². The molecule has 0 aromatic rings. The minimum atomic E-state index is -6.59. The van der Waals surface area contributed by atoms with Crippen LogP contribution in [0.4, 0.5) is 30.7 Å². The Morgan fingerprint density at radius 2 is 1.61 bits per heavy atom. The monoisotopic (exact) mass is 284 g/mol. The lowest BCUT2D eigenvalue weighted by atomic mass is 10.1. The first-order valence-corrected chi connectivity index (χ1v) is 4.28. The molecule has 0 amide bonds. The van der Waals surface area contributed by atoms with E-state index in [4.69, 9.17) is 5.11 Å². The van der Waals surface area contributed by atoms with Crippen LogP contribution in [0.2, 0.25) is 0 Å². The van der Waals surface area contributed by atoms with E-state index < -0.39 is 35.8 Å². The van der Waals surface area contributed by atoms with Gasteiger partial charge in [-0.3, -0.25) is 0 Å². The van der Waals surface area contributed by atoms with E-state index in [-0.39, 0.29) is 6.61 Å². The summed E-state index contributed by atoms with van der Waals surface area (Å²) in [7, 11) is 0. The van der Waals surface area contributed by atoms with Gasteiger partial charge in [-0.15, -0.1) is 0 Å². The van der Waals surface area contributed by atoms with Crippen molar-refractivity contribution in [2.75, 3.05) is 6.61 Å². The maximum absolute atomic E-state index is 12.7. The van der Waals surface area contributed by atoms with Gasteiger partial charge in [-0.2, -0.15) is 30.7 Å². The number of esters is 1. The molecule has 0 saturated heterocycles. The highest BCUT2D eigenvalue weighted by Crippen LogP contribution is 2.49. The summed E-state index contributed by atoms with van der Waals surface area (Å²) < 4.78 is 89.2. The number of aliphatic hydroxyl groups excluding tert-OH is 1. The first kappa shape index (κ1) is 16.5. The number of hydrogen-bond acceptors (Lipinski definition) is 3. The second-order valence-electron chi connectivity index (χ2n) is 2.93. The van der Waals surface area contributed by atoms with Crippen LogP contribution in [0.3, 0.4) is 0 Å². The Labute approximate surface area is 95.8 Å². The van der Waals surface area contributed by atoms with Crippen molar-refractivity contribution in [3.63, 3.8) is 0 Å². The number of rotatable bonds is 4. The Kier molecular flexibility index (Phi) is 4.61. The first-order chi connectivity index (χ1) is 7.88. The fourth-order valence-electron chi connectivity index (χ4n) is 0.725. The lowest BCUT2D eigenvalue weighted by Gasteiger charge is -2.27. The highest BCUT2D eigenvalue weighted by Gasteiger charge is 2.75. The average molecular weight is 284 g/mol. The van der Waals surface area contributed by atoms with Crippen molar-refractivity contribution in [2.45, 2.75) is 24.9 Å². The summed E-state index contributed by atoms with van der Waals surface area (Å²) in [6.45, 7) is 0.884. The largest absolute Gasteiger partial charge is 0.506 e. The molecule has 0 aliphatic carbocycles. The van der Waals surface area contributed by atoms with Gasteiger partial charge in [0.25, 0.3) is 0 Å². The van der Waals surface area contributed by atoms with Gasteiger partial charge in [0.2, 0.25) is 0 Å². The SMILES string of the molecule is CCOC(=O)C=C(O)C(F)(F)C(F)(F)C(F)(F)F. The zero-order valence-corrected chi connectivity index (χ0v) is 8.69. The van der Waals surface area contributed by atoms with Crippen molar-refractivity contribution in [3.05, 3.63) is 11.8 Å². The molecule has 18 heavy (non-hydrogen) atoms. The normalized spacial score (nSPS) is 14.6. The molecule has 0 aliphatic rings. The Hall–Kier alpha value is -1.48. The minimum absolute atomic E-state index is 0.343. The smallest absolute Gasteiger partial charge is 0.460 e. The molecule has 0 aromatic carbocycles. The zero-order valence-electron chi connectivity index (χ0n) is 8.69. The van der Waals surface area contributed by atoms with Gasteiger partial charge in [0.1, 0.15) is 0 Å². The van der Waals surface area contributed by atoms with E-state index in [0.717, 1.165) is 0 Å². The van der Waals surface area contributed by atoms with Gasteiger partial charge in [-0.05, 0) is 6.92 Å². The van der Waals surface area contributed by atoms with Crippen molar-refractivity contribution >= 4 is 5.97 Å². The number of aliphatic hydroxyl groups is 1. The number of halogens is 7. The quantitative estimate of drug-likeness (QED) is 0.374. The lowest BCUT2D eigenvalue weighted by Crippen LogP contribution is -2.53. The second kappa shape index (κ2) is 5.02. The van der Waals surface area contributed by atoms with Crippen LogP contribution < -0.4 is 0 Å². The Morgan fingerprint density at radius 3 is 1.94 bits per heavy atom.